The maximum atomic E-state index is 14.6. The number of hydrogen-bond acceptors (Lipinski definition) is 5. The Morgan fingerprint density at radius 3 is 2.52 bits per heavy atom. The summed E-state index contributed by atoms with van der Waals surface area (Å²) in [4.78, 5) is 42.6. The number of rotatable bonds is 4. The van der Waals surface area contributed by atoms with Gasteiger partial charge in [0, 0.05) is 17.3 Å². The molecule has 0 aliphatic heterocycles. The van der Waals surface area contributed by atoms with Gasteiger partial charge in [0.2, 0.25) is 0 Å². The minimum absolute atomic E-state index is 0.0282. The number of fused-ring (bicyclic) bond motifs is 1. The Morgan fingerprint density at radius 1 is 1.09 bits per heavy atom. The number of nitrogen functional groups attached to an aromatic ring is 1. The molecule has 2 heterocycles. The van der Waals surface area contributed by atoms with E-state index in [1.54, 1.807) is 44.2 Å². The van der Waals surface area contributed by atoms with Gasteiger partial charge in [0.25, 0.3) is 11.1 Å². The number of nitrogens with one attached hydrogen (secondary N) is 2. The van der Waals surface area contributed by atoms with Crippen LogP contribution in [0.1, 0.15) is 30.0 Å². The van der Waals surface area contributed by atoms with Gasteiger partial charge >= 0.3 is 5.69 Å². The van der Waals surface area contributed by atoms with Crippen molar-refractivity contribution in [3.63, 3.8) is 0 Å². The third-order valence-electron chi connectivity index (χ3n) is 5.90. The molecule has 2 aromatic carbocycles. The van der Waals surface area contributed by atoms with Crippen molar-refractivity contribution in [2.24, 2.45) is 0 Å². The molecule has 1 fully saturated rings. The van der Waals surface area contributed by atoms with Crippen LogP contribution in [-0.2, 0) is 0 Å². The third kappa shape index (κ3) is 3.42. The average molecular weight is 447 g/mol. The lowest BCUT2D eigenvalue weighted by atomic mass is 10.1. The molecule has 8 nitrogen and oxygen atoms in total. The van der Waals surface area contributed by atoms with Gasteiger partial charge in [-0.15, -0.1) is 0 Å². The van der Waals surface area contributed by atoms with E-state index >= 15 is 0 Å². The highest BCUT2D eigenvalue weighted by molar-refractivity contribution is 5.93. The highest BCUT2D eigenvalue weighted by Crippen LogP contribution is 2.34. The number of nitrogens with zero attached hydrogens (tertiary/aromatic N) is 2. The second kappa shape index (κ2) is 7.47. The topological polar surface area (TPSA) is 115 Å². The van der Waals surface area contributed by atoms with Crippen LogP contribution in [-0.4, -0.2) is 14.1 Å². The van der Waals surface area contributed by atoms with Crippen molar-refractivity contribution in [2.45, 2.75) is 32.7 Å². The fraction of sp³-hybridized carbons (Fsp3) is 0.208. The van der Waals surface area contributed by atoms with E-state index in [0.717, 1.165) is 5.56 Å². The van der Waals surface area contributed by atoms with Gasteiger partial charge in [-0.1, -0.05) is 12.1 Å². The summed E-state index contributed by atoms with van der Waals surface area (Å²) in [7, 11) is 0. The maximum Gasteiger partial charge on any atom is 0.336 e. The fourth-order valence-electron chi connectivity index (χ4n) is 4.09. The average Bonchev–Trinajstić information content (AvgIpc) is 3.58. The van der Waals surface area contributed by atoms with Crippen molar-refractivity contribution >= 4 is 28.1 Å². The van der Waals surface area contributed by atoms with Crippen molar-refractivity contribution < 1.29 is 4.39 Å². The van der Waals surface area contributed by atoms with Gasteiger partial charge in [0.1, 0.15) is 17.0 Å². The normalized spacial score (nSPS) is 13.4. The van der Waals surface area contributed by atoms with Crippen LogP contribution < -0.4 is 27.9 Å². The van der Waals surface area contributed by atoms with E-state index in [1.165, 1.54) is 21.3 Å². The van der Waals surface area contributed by atoms with Gasteiger partial charge in [0.05, 0.1) is 16.9 Å². The van der Waals surface area contributed by atoms with Crippen molar-refractivity contribution in [3.8, 4) is 5.69 Å². The van der Waals surface area contributed by atoms with Crippen LogP contribution in [0.4, 0.5) is 21.6 Å². The molecule has 1 saturated carbocycles. The zero-order valence-corrected chi connectivity index (χ0v) is 18.1. The van der Waals surface area contributed by atoms with E-state index in [4.69, 9.17) is 5.73 Å². The van der Waals surface area contributed by atoms with E-state index in [2.05, 4.69) is 10.3 Å². The van der Waals surface area contributed by atoms with Gasteiger partial charge in [0.15, 0.2) is 0 Å². The lowest BCUT2D eigenvalue weighted by molar-refractivity contribution is 0.630. The van der Waals surface area contributed by atoms with Gasteiger partial charge in [-0.2, -0.15) is 0 Å². The molecular formula is C24H22FN5O3. The molecule has 0 saturated heterocycles. The van der Waals surface area contributed by atoms with E-state index in [0.29, 0.717) is 24.2 Å². The lowest BCUT2D eigenvalue weighted by Crippen LogP contribution is -2.40. The van der Waals surface area contributed by atoms with Crippen molar-refractivity contribution in [1.29, 1.82) is 0 Å². The fourth-order valence-corrected chi connectivity index (χ4v) is 4.09. The summed E-state index contributed by atoms with van der Waals surface area (Å²) >= 11 is 0. The Kier molecular flexibility index (Phi) is 4.70. The number of pyridine rings is 1. The Labute approximate surface area is 187 Å². The SMILES string of the molecule is Cc1ccc(Nc2[nH]c(=O)c(C)c3c2c(=O)n(C2CC2)c(=O)n3-c2cccc(N)c2)c(F)c1. The molecule has 2 aromatic heterocycles. The summed E-state index contributed by atoms with van der Waals surface area (Å²) in [6.45, 7) is 3.30. The first-order valence-electron chi connectivity index (χ1n) is 10.6. The molecule has 0 radical (unpaired) electrons. The van der Waals surface area contributed by atoms with Crippen LogP contribution in [0, 0.1) is 19.7 Å². The Bertz CT molecular complexity index is 1610. The zero-order valence-electron chi connectivity index (χ0n) is 18.1. The molecule has 1 aliphatic carbocycles. The summed E-state index contributed by atoms with van der Waals surface area (Å²) < 4.78 is 17.1. The number of aromatic amines is 1. The molecule has 5 rings (SSSR count). The molecule has 168 valence electrons. The largest absolute Gasteiger partial charge is 0.399 e. The number of aromatic nitrogens is 3. The summed E-state index contributed by atoms with van der Waals surface area (Å²) in [6, 6.07) is 11.0. The van der Waals surface area contributed by atoms with Gasteiger partial charge in [-0.25, -0.2) is 9.18 Å². The number of nitrogens with two attached hydrogens (primary N) is 1. The number of aryl methyl sites for hydroxylation is 2. The van der Waals surface area contributed by atoms with Crippen molar-refractivity contribution in [2.75, 3.05) is 11.1 Å². The monoisotopic (exact) mass is 447 g/mol. The minimum Gasteiger partial charge on any atom is -0.399 e. The molecule has 1 aliphatic rings. The molecule has 4 N–H and O–H groups in total. The van der Waals surface area contributed by atoms with Gasteiger partial charge in [-0.05, 0) is 62.6 Å². The van der Waals surface area contributed by atoms with E-state index in [-0.39, 0.29) is 34.0 Å². The molecule has 0 unspecified atom stereocenters. The van der Waals surface area contributed by atoms with E-state index in [9.17, 15) is 18.8 Å². The number of anilines is 3. The van der Waals surface area contributed by atoms with Crippen LogP contribution in [0.15, 0.2) is 56.8 Å². The summed E-state index contributed by atoms with van der Waals surface area (Å²) in [5.41, 5.74) is 6.42. The van der Waals surface area contributed by atoms with Gasteiger partial charge in [-0.3, -0.25) is 18.7 Å². The maximum absolute atomic E-state index is 14.6. The second-order valence-electron chi connectivity index (χ2n) is 8.41. The first kappa shape index (κ1) is 20.7. The number of H-pyrrole nitrogens is 1. The first-order valence-corrected chi connectivity index (χ1v) is 10.6. The Hall–Kier alpha value is -4.14. The quantitative estimate of drug-likeness (QED) is 0.416. The predicted molar refractivity (Wildman–Crippen MR) is 126 cm³/mol. The molecule has 0 spiro atoms. The molecule has 9 heteroatoms. The molecular weight excluding hydrogens is 425 g/mol. The number of halogens is 1. The summed E-state index contributed by atoms with van der Waals surface area (Å²) in [6.07, 6.45) is 1.41. The summed E-state index contributed by atoms with van der Waals surface area (Å²) in [5.74, 6) is -0.503. The molecule has 33 heavy (non-hydrogen) atoms. The van der Waals surface area contributed by atoms with E-state index in [1.807, 2.05) is 0 Å². The lowest BCUT2D eigenvalue weighted by Gasteiger charge is -2.18. The number of benzene rings is 2. The van der Waals surface area contributed by atoms with Crippen LogP contribution >= 0.6 is 0 Å². The highest BCUT2D eigenvalue weighted by Gasteiger charge is 2.31. The molecule has 0 atom stereocenters. The Balaban J connectivity index is 1.91. The van der Waals surface area contributed by atoms with Crippen molar-refractivity contribution in [3.05, 3.63) is 90.6 Å². The molecule has 4 aromatic rings. The zero-order chi connectivity index (χ0) is 23.4. The molecule has 0 bridgehead atoms. The number of hydrogen-bond donors (Lipinski definition) is 3. The second-order valence-corrected chi connectivity index (χ2v) is 8.41. The van der Waals surface area contributed by atoms with Crippen LogP contribution in [0.25, 0.3) is 16.6 Å². The molecule has 0 amide bonds. The highest BCUT2D eigenvalue weighted by atomic mass is 19.1. The smallest absolute Gasteiger partial charge is 0.336 e. The van der Waals surface area contributed by atoms with Crippen LogP contribution in [0.2, 0.25) is 0 Å². The van der Waals surface area contributed by atoms with Gasteiger partial charge < -0.3 is 16.0 Å². The summed E-state index contributed by atoms with van der Waals surface area (Å²) in [5, 5.41) is 2.96. The van der Waals surface area contributed by atoms with Crippen LogP contribution in [0.3, 0.4) is 0 Å². The predicted octanol–water partition coefficient (Wildman–Crippen LogP) is 3.26. The Morgan fingerprint density at radius 2 is 1.85 bits per heavy atom. The third-order valence-corrected chi connectivity index (χ3v) is 5.90. The first-order chi connectivity index (χ1) is 15.8. The minimum atomic E-state index is -0.540. The van der Waals surface area contributed by atoms with E-state index < -0.39 is 22.6 Å². The van der Waals surface area contributed by atoms with Crippen LogP contribution in [0.5, 0.6) is 0 Å². The van der Waals surface area contributed by atoms with Crippen molar-refractivity contribution in [1.82, 2.24) is 14.1 Å². The standard InChI is InChI=1S/C24H22FN5O3/c1-12-6-9-18(17(25)10-12)27-21-19-20(13(2)22(31)28-21)29(16-5-3-4-14(26)11-16)24(33)30(23(19)32)15-7-8-15/h3-6,9-11,15H,7-8,26H2,1-2H3,(H2,27,28,31).